The summed E-state index contributed by atoms with van der Waals surface area (Å²) < 4.78 is 10.7. The fourth-order valence-corrected chi connectivity index (χ4v) is 2.66. The van der Waals surface area contributed by atoms with Crippen LogP contribution in [0, 0.1) is 0 Å². The molecule has 4 N–H and O–H groups in total. The molecular weight excluding hydrogens is 294 g/mol. The first-order chi connectivity index (χ1) is 11.0. The summed E-state index contributed by atoms with van der Waals surface area (Å²) in [7, 11) is 1.81. The van der Waals surface area contributed by atoms with E-state index in [0.29, 0.717) is 13.0 Å². The highest BCUT2D eigenvalue weighted by molar-refractivity contribution is 5.81. The molecule has 23 heavy (non-hydrogen) atoms. The average molecular weight is 321 g/mol. The fourth-order valence-electron chi connectivity index (χ4n) is 2.66. The molecule has 1 aromatic rings. The molecule has 0 saturated carbocycles. The zero-order chi connectivity index (χ0) is 16.8. The molecule has 0 bridgehead atoms. The van der Waals surface area contributed by atoms with Crippen molar-refractivity contribution in [2.24, 2.45) is 11.5 Å². The Balaban J connectivity index is 1.88. The minimum Gasteiger partial charge on any atom is -0.454 e. The molecule has 0 radical (unpaired) electrons. The Morgan fingerprint density at radius 2 is 2.04 bits per heavy atom. The van der Waals surface area contributed by atoms with Crippen molar-refractivity contribution in [1.82, 2.24) is 4.90 Å². The molecule has 0 aromatic heterocycles. The smallest absolute Gasteiger partial charge is 0.239 e. The maximum absolute atomic E-state index is 12.4. The number of nitrogens with two attached hydrogens (primary N) is 2. The van der Waals surface area contributed by atoms with Crippen LogP contribution in [0.5, 0.6) is 11.5 Å². The van der Waals surface area contributed by atoms with Crippen LogP contribution in [0.1, 0.15) is 31.7 Å². The molecule has 1 aliphatic rings. The second-order valence-corrected chi connectivity index (χ2v) is 6.08. The summed E-state index contributed by atoms with van der Waals surface area (Å²) in [5.74, 6) is 1.52. The monoisotopic (exact) mass is 321 g/mol. The van der Waals surface area contributed by atoms with Crippen LogP contribution in [0.3, 0.4) is 0 Å². The maximum atomic E-state index is 12.4. The lowest BCUT2D eigenvalue weighted by molar-refractivity contribution is -0.133. The summed E-state index contributed by atoms with van der Waals surface area (Å²) in [5.41, 5.74) is 12.6. The predicted octanol–water partition coefficient (Wildman–Crippen LogP) is 1.26. The summed E-state index contributed by atoms with van der Waals surface area (Å²) >= 11 is 0. The third-order valence-corrected chi connectivity index (χ3v) is 4.26. The van der Waals surface area contributed by atoms with E-state index in [1.54, 1.807) is 4.90 Å². The topological polar surface area (TPSA) is 90.8 Å². The van der Waals surface area contributed by atoms with Crippen molar-refractivity contribution in [3.63, 3.8) is 0 Å². The largest absolute Gasteiger partial charge is 0.454 e. The van der Waals surface area contributed by atoms with E-state index in [2.05, 4.69) is 0 Å². The molecule has 0 fully saturated rings. The van der Waals surface area contributed by atoms with E-state index in [0.717, 1.165) is 36.3 Å². The summed E-state index contributed by atoms with van der Waals surface area (Å²) in [5, 5.41) is 0. The quantitative estimate of drug-likeness (QED) is 0.704. The van der Waals surface area contributed by atoms with Crippen LogP contribution < -0.4 is 20.9 Å². The Hall–Kier alpha value is -1.79. The number of likely N-dealkylation sites (N-methyl/N-ethyl adjacent to an activating group) is 1. The molecule has 0 saturated heterocycles. The summed E-state index contributed by atoms with van der Waals surface area (Å²) in [6.07, 6.45) is 3.21. The van der Waals surface area contributed by atoms with Gasteiger partial charge < -0.3 is 25.8 Å². The number of unbranched alkanes of at least 4 members (excludes halogenated alkanes) is 1. The van der Waals surface area contributed by atoms with Gasteiger partial charge in [-0.2, -0.15) is 0 Å². The molecule has 1 heterocycles. The highest BCUT2D eigenvalue weighted by Crippen LogP contribution is 2.32. The van der Waals surface area contributed by atoms with E-state index < -0.39 is 6.04 Å². The SMILES string of the molecule is CC(Cc1ccc2c(c1)OCO2)N(C)C(=O)[C@@H](N)CCCCN. The number of rotatable bonds is 8. The molecule has 1 unspecified atom stereocenters. The number of benzene rings is 1. The Kier molecular flexibility index (Phi) is 6.24. The first-order valence-electron chi connectivity index (χ1n) is 8.13. The second-order valence-electron chi connectivity index (χ2n) is 6.08. The van der Waals surface area contributed by atoms with Crippen molar-refractivity contribution < 1.29 is 14.3 Å². The Bertz CT molecular complexity index is 536. The molecule has 6 heteroatoms. The van der Waals surface area contributed by atoms with Crippen LogP contribution in [0.15, 0.2) is 18.2 Å². The number of nitrogens with zero attached hydrogens (tertiary/aromatic N) is 1. The first-order valence-corrected chi connectivity index (χ1v) is 8.13. The Labute approximate surface area is 137 Å². The Morgan fingerprint density at radius 3 is 2.78 bits per heavy atom. The van der Waals surface area contributed by atoms with E-state index in [1.165, 1.54) is 0 Å². The molecule has 0 aliphatic carbocycles. The van der Waals surface area contributed by atoms with Gasteiger partial charge in [0.15, 0.2) is 11.5 Å². The van der Waals surface area contributed by atoms with Crippen molar-refractivity contribution in [2.45, 2.75) is 44.7 Å². The minimum atomic E-state index is -0.453. The number of ether oxygens (including phenoxy) is 2. The zero-order valence-electron chi connectivity index (χ0n) is 14.0. The second kappa shape index (κ2) is 8.17. The van der Waals surface area contributed by atoms with Crippen molar-refractivity contribution in [3.05, 3.63) is 23.8 Å². The summed E-state index contributed by atoms with van der Waals surface area (Å²) in [6, 6.07) is 5.49. The average Bonchev–Trinajstić information content (AvgIpc) is 3.01. The molecule has 6 nitrogen and oxygen atoms in total. The molecule has 2 rings (SSSR count). The lowest BCUT2D eigenvalue weighted by Gasteiger charge is -2.28. The van der Waals surface area contributed by atoms with Crippen LogP contribution in [0.4, 0.5) is 0 Å². The van der Waals surface area contributed by atoms with E-state index in [9.17, 15) is 4.79 Å². The standard InChI is InChI=1S/C17H27N3O3/c1-12(20(2)17(21)14(19)5-3-4-8-18)9-13-6-7-15-16(10-13)23-11-22-15/h6-7,10,12,14H,3-5,8-9,11,18-19H2,1-2H3/t12?,14-/m0/s1. The van der Waals surface area contributed by atoms with Gasteiger partial charge >= 0.3 is 0 Å². The van der Waals surface area contributed by atoms with E-state index in [1.807, 2.05) is 32.2 Å². The van der Waals surface area contributed by atoms with Gasteiger partial charge in [-0.15, -0.1) is 0 Å². The van der Waals surface area contributed by atoms with Gasteiger partial charge in [-0.1, -0.05) is 12.5 Å². The van der Waals surface area contributed by atoms with Gasteiger partial charge in [-0.25, -0.2) is 0 Å². The normalized spacial score (nSPS) is 15.3. The van der Waals surface area contributed by atoms with E-state index >= 15 is 0 Å². The van der Waals surface area contributed by atoms with Gasteiger partial charge in [0.25, 0.3) is 0 Å². The number of fused-ring (bicyclic) bond motifs is 1. The Morgan fingerprint density at radius 1 is 1.30 bits per heavy atom. The minimum absolute atomic E-state index is 0.0183. The van der Waals surface area contributed by atoms with Crippen LogP contribution in [0.25, 0.3) is 0 Å². The maximum Gasteiger partial charge on any atom is 0.239 e. The van der Waals surface area contributed by atoms with E-state index in [-0.39, 0.29) is 18.7 Å². The third-order valence-electron chi connectivity index (χ3n) is 4.26. The number of hydrogen-bond donors (Lipinski definition) is 2. The van der Waals surface area contributed by atoms with Crippen LogP contribution >= 0.6 is 0 Å². The zero-order valence-corrected chi connectivity index (χ0v) is 14.0. The van der Waals surface area contributed by atoms with Crippen LogP contribution in [-0.4, -0.2) is 43.3 Å². The molecule has 1 amide bonds. The summed E-state index contributed by atoms with van der Waals surface area (Å²) in [6.45, 7) is 2.93. The third kappa shape index (κ3) is 4.59. The van der Waals surface area contributed by atoms with E-state index in [4.69, 9.17) is 20.9 Å². The molecular formula is C17H27N3O3. The van der Waals surface area contributed by atoms with Gasteiger partial charge in [0.05, 0.1) is 6.04 Å². The van der Waals surface area contributed by atoms with Gasteiger partial charge in [0.2, 0.25) is 12.7 Å². The molecule has 1 aromatic carbocycles. The van der Waals surface area contributed by atoms with Gasteiger partial charge in [-0.05, 0) is 50.4 Å². The summed E-state index contributed by atoms with van der Waals surface area (Å²) in [4.78, 5) is 14.1. The fraction of sp³-hybridized carbons (Fsp3) is 0.588. The highest BCUT2D eigenvalue weighted by atomic mass is 16.7. The van der Waals surface area contributed by atoms with Crippen LogP contribution in [0.2, 0.25) is 0 Å². The highest BCUT2D eigenvalue weighted by Gasteiger charge is 2.22. The lowest BCUT2D eigenvalue weighted by Crippen LogP contribution is -2.46. The predicted molar refractivity (Wildman–Crippen MR) is 89.4 cm³/mol. The van der Waals surface area contributed by atoms with Crippen molar-refractivity contribution >= 4 is 5.91 Å². The van der Waals surface area contributed by atoms with Gasteiger partial charge in [0.1, 0.15) is 0 Å². The van der Waals surface area contributed by atoms with Crippen molar-refractivity contribution in [1.29, 1.82) is 0 Å². The number of carbonyl (C=O) groups is 1. The molecule has 128 valence electrons. The number of carbonyl (C=O) groups excluding carboxylic acids is 1. The first kappa shape index (κ1) is 17.6. The molecule has 1 aliphatic heterocycles. The van der Waals surface area contributed by atoms with Gasteiger partial charge in [-0.3, -0.25) is 4.79 Å². The lowest BCUT2D eigenvalue weighted by atomic mass is 10.0. The number of hydrogen-bond acceptors (Lipinski definition) is 5. The van der Waals surface area contributed by atoms with Crippen molar-refractivity contribution in [2.75, 3.05) is 20.4 Å². The molecule has 0 spiro atoms. The van der Waals surface area contributed by atoms with Gasteiger partial charge in [0, 0.05) is 13.1 Å². The van der Waals surface area contributed by atoms with Crippen LogP contribution in [-0.2, 0) is 11.2 Å². The van der Waals surface area contributed by atoms with Crippen molar-refractivity contribution in [3.8, 4) is 11.5 Å². The number of amides is 1. The molecule has 2 atom stereocenters.